The molecular formula is C24H23N3O5S2. The van der Waals surface area contributed by atoms with Crippen molar-refractivity contribution in [2.45, 2.75) is 12.1 Å². The van der Waals surface area contributed by atoms with Crippen LogP contribution in [-0.2, 0) is 14.3 Å². The number of benzene rings is 2. The Morgan fingerprint density at radius 3 is 2.82 bits per heavy atom. The lowest BCUT2D eigenvalue weighted by atomic mass is 10.2. The van der Waals surface area contributed by atoms with Gasteiger partial charge in [0.2, 0.25) is 5.91 Å². The number of ether oxygens (including phenoxy) is 2. The predicted octanol–water partition coefficient (Wildman–Crippen LogP) is 3.47. The summed E-state index contributed by atoms with van der Waals surface area (Å²) in [6, 6.07) is 14.4. The van der Waals surface area contributed by atoms with Crippen molar-refractivity contribution in [3.63, 3.8) is 0 Å². The molecule has 0 bridgehead atoms. The first kappa shape index (κ1) is 23.9. The van der Waals surface area contributed by atoms with Crippen LogP contribution in [0.25, 0.3) is 16.6 Å². The zero-order chi connectivity index (χ0) is 24.1. The normalized spacial score (nSPS) is 14.7. The number of rotatable bonds is 8. The van der Waals surface area contributed by atoms with E-state index in [0.29, 0.717) is 44.8 Å². The molecule has 1 saturated heterocycles. The highest BCUT2D eigenvalue weighted by Crippen LogP contribution is 2.30. The molecule has 0 spiro atoms. The van der Waals surface area contributed by atoms with Crippen LogP contribution in [0.3, 0.4) is 0 Å². The van der Waals surface area contributed by atoms with E-state index in [1.807, 2.05) is 30.3 Å². The van der Waals surface area contributed by atoms with Gasteiger partial charge in [0.05, 0.1) is 47.2 Å². The average molecular weight is 498 g/mol. The van der Waals surface area contributed by atoms with Gasteiger partial charge in [0.1, 0.15) is 5.75 Å². The van der Waals surface area contributed by atoms with Gasteiger partial charge in [-0.25, -0.2) is 9.78 Å². The molecule has 0 atom stereocenters. The van der Waals surface area contributed by atoms with Crippen LogP contribution >= 0.6 is 23.5 Å². The first-order valence-electron chi connectivity index (χ1n) is 10.6. The molecule has 0 unspecified atom stereocenters. The number of fused-ring (bicyclic) bond motifs is 1. The molecule has 0 saturated carbocycles. The van der Waals surface area contributed by atoms with E-state index < -0.39 is 5.97 Å². The van der Waals surface area contributed by atoms with E-state index in [-0.39, 0.29) is 23.8 Å². The predicted molar refractivity (Wildman–Crippen MR) is 134 cm³/mol. The fraction of sp³-hybridized carbons (Fsp3) is 0.250. The highest BCUT2D eigenvalue weighted by atomic mass is 32.2. The van der Waals surface area contributed by atoms with Crippen molar-refractivity contribution in [1.82, 2.24) is 14.5 Å². The van der Waals surface area contributed by atoms with E-state index in [9.17, 15) is 14.4 Å². The van der Waals surface area contributed by atoms with E-state index >= 15 is 0 Å². The Balaban J connectivity index is 1.63. The number of esters is 1. The molecule has 34 heavy (non-hydrogen) atoms. The molecule has 2 aromatic carbocycles. The SMILES string of the molecule is CCOC(=O)C=C1SCC(=O)N1CCSc1nc2ccccc2c(=O)n1-c1cccc(OC)c1. The molecule has 8 nitrogen and oxygen atoms in total. The number of amides is 1. The quantitative estimate of drug-likeness (QED) is 0.202. The summed E-state index contributed by atoms with van der Waals surface area (Å²) in [5, 5.41) is 1.59. The second-order valence-corrected chi connectivity index (χ2v) is 9.23. The number of methoxy groups -OCH3 is 1. The van der Waals surface area contributed by atoms with Gasteiger partial charge >= 0.3 is 5.97 Å². The number of para-hydroxylation sites is 1. The Bertz CT molecular complexity index is 1320. The van der Waals surface area contributed by atoms with Crippen LogP contribution < -0.4 is 10.3 Å². The number of aromatic nitrogens is 2. The lowest BCUT2D eigenvalue weighted by molar-refractivity contribution is -0.137. The van der Waals surface area contributed by atoms with Crippen molar-refractivity contribution in [2.75, 3.05) is 31.8 Å². The van der Waals surface area contributed by atoms with Crippen molar-refractivity contribution in [3.8, 4) is 11.4 Å². The number of nitrogens with zero attached hydrogens (tertiary/aromatic N) is 3. The Labute approximate surface area is 204 Å². The zero-order valence-electron chi connectivity index (χ0n) is 18.7. The fourth-order valence-corrected chi connectivity index (χ4v) is 5.36. The Kier molecular flexibility index (Phi) is 7.59. The van der Waals surface area contributed by atoms with Crippen molar-refractivity contribution >= 4 is 46.3 Å². The Morgan fingerprint density at radius 2 is 2.03 bits per heavy atom. The number of carbonyl (C=O) groups is 2. The molecule has 0 N–H and O–H groups in total. The van der Waals surface area contributed by atoms with Crippen LogP contribution in [0.15, 0.2) is 69.6 Å². The van der Waals surface area contributed by atoms with Gasteiger partial charge in [-0.15, -0.1) is 0 Å². The van der Waals surface area contributed by atoms with E-state index in [2.05, 4.69) is 0 Å². The first-order valence-corrected chi connectivity index (χ1v) is 12.6. The van der Waals surface area contributed by atoms with E-state index in [1.165, 1.54) is 29.6 Å². The van der Waals surface area contributed by atoms with Gasteiger partial charge in [0.25, 0.3) is 5.56 Å². The lowest BCUT2D eigenvalue weighted by Crippen LogP contribution is -2.28. The summed E-state index contributed by atoms with van der Waals surface area (Å²) >= 11 is 2.68. The molecule has 0 radical (unpaired) electrons. The van der Waals surface area contributed by atoms with Gasteiger partial charge in [0, 0.05) is 18.4 Å². The van der Waals surface area contributed by atoms with Crippen molar-refractivity contribution in [2.24, 2.45) is 0 Å². The van der Waals surface area contributed by atoms with Crippen LogP contribution in [0, 0.1) is 0 Å². The Morgan fingerprint density at radius 1 is 1.21 bits per heavy atom. The smallest absolute Gasteiger partial charge is 0.333 e. The lowest BCUT2D eigenvalue weighted by Gasteiger charge is -2.18. The molecule has 4 rings (SSSR count). The highest BCUT2D eigenvalue weighted by Gasteiger charge is 2.27. The standard InChI is InChI=1S/C24H23N3O5S2/c1-3-32-22(29)14-21-26(20(28)15-34-21)11-12-33-24-25-19-10-5-4-9-18(19)23(30)27(24)16-7-6-8-17(13-16)31-2/h4-10,13-14H,3,11-12,15H2,1-2H3. The highest BCUT2D eigenvalue weighted by molar-refractivity contribution is 8.04. The minimum absolute atomic E-state index is 0.0715. The molecule has 1 fully saturated rings. The molecule has 2 heterocycles. The maximum Gasteiger partial charge on any atom is 0.333 e. The minimum atomic E-state index is -0.472. The third-order valence-electron chi connectivity index (χ3n) is 5.04. The summed E-state index contributed by atoms with van der Waals surface area (Å²) in [6.45, 7) is 2.37. The third kappa shape index (κ3) is 5.13. The number of hydrogen-bond donors (Lipinski definition) is 0. The van der Waals surface area contributed by atoms with Gasteiger partial charge in [-0.2, -0.15) is 0 Å². The molecule has 1 aliphatic heterocycles. The molecule has 1 aromatic heterocycles. The summed E-state index contributed by atoms with van der Waals surface area (Å²) in [7, 11) is 1.57. The van der Waals surface area contributed by atoms with Crippen molar-refractivity contribution in [3.05, 3.63) is 70.0 Å². The topological polar surface area (TPSA) is 90.7 Å². The minimum Gasteiger partial charge on any atom is -0.497 e. The van der Waals surface area contributed by atoms with Crippen LogP contribution in [0.5, 0.6) is 5.75 Å². The van der Waals surface area contributed by atoms with Crippen molar-refractivity contribution in [1.29, 1.82) is 0 Å². The van der Waals surface area contributed by atoms with E-state index in [1.54, 1.807) is 41.7 Å². The molecule has 1 aliphatic rings. The van der Waals surface area contributed by atoms with Gasteiger partial charge < -0.3 is 14.4 Å². The first-order chi connectivity index (χ1) is 16.5. The molecule has 3 aromatic rings. The van der Waals surface area contributed by atoms with E-state index in [4.69, 9.17) is 14.5 Å². The maximum atomic E-state index is 13.4. The molecule has 176 valence electrons. The van der Waals surface area contributed by atoms with Gasteiger partial charge in [-0.1, -0.05) is 41.7 Å². The molecular weight excluding hydrogens is 474 g/mol. The van der Waals surface area contributed by atoms with Crippen LogP contribution in [0.1, 0.15) is 6.92 Å². The summed E-state index contributed by atoms with van der Waals surface area (Å²) in [4.78, 5) is 43.9. The third-order valence-corrected chi connectivity index (χ3v) is 6.99. The monoisotopic (exact) mass is 497 g/mol. The van der Waals surface area contributed by atoms with Crippen LogP contribution in [-0.4, -0.2) is 58.1 Å². The second-order valence-electron chi connectivity index (χ2n) is 7.17. The molecule has 1 amide bonds. The zero-order valence-corrected chi connectivity index (χ0v) is 20.4. The van der Waals surface area contributed by atoms with Crippen LogP contribution in [0.2, 0.25) is 0 Å². The Hall–Kier alpha value is -3.24. The van der Waals surface area contributed by atoms with Crippen LogP contribution in [0.4, 0.5) is 0 Å². The second kappa shape index (κ2) is 10.8. The van der Waals surface area contributed by atoms with Gasteiger partial charge in [-0.3, -0.25) is 14.2 Å². The van der Waals surface area contributed by atoms with Crippen molar-refractivity contribution < 1.29 is 19.1 Å². The molecule has 10 heteroatoms. The largest absolute Gasteiger partial charge is 0.497 e. The number of carbonyl (C=O) groups excluding carboxylic acids is 2. The maximum absolute atomic E-state index is 13.4. The summed E-state index contributed by atoms with van der Waals surface area (Å²) in [6.07, 6.45) is 1.35. The summed E-state index contributed by atoms with van der Waals surface area (Å²) < 4.78 is 11.9. The number of hydrogen-bond acceptors (Lipinski definition) is 8. The van der Waals surface area contributed by atoms with Gasteiger partial charge in [-0.05, 0) is 31.2 Å². The average Bonchev–Trinajstić information content (AvgIpc) is 3.18. The van der Waals surface area contributed by atoms with Gasteiger partial charge in [0.15, 0.2) is 5.16 Å². The summed E-state index contributed by atoms with van der Waals surface area (Å²) in [5.41, 5.74) is 1.06. The summed E-state index contributed by atoms with van der Waals surface area (Å²) in [5.74, 6) is 0.833. The van der Waals surface area contributed by atoms with E-state index in [0.717, 1.165) is 0 Å². The number of thioether (sulfide) groups is 2. The fourth-order valence-electron chi connectivity index (χ4n) is 3.47. The molecule has 0 aliphatic carbocycles.